The molecule has 14 rings (SSSR count). The number of hydrogen-bond donors (Lipinski definition) is 0. The van der Waals surface area contributed by atoms with Crippen LogP contribution >= 0.6 is 0 Å². The lowest BCUT2D eigenvalue weighted by molar-refractivity contribution is 1.23. The molecule has 0 saturated heterocycles. The van der Waals surface area contributed by atoms with Crippen molar-refractivity contribution in [2.24, 2.45) is 0 Å². The van der Waals surface area contributed by atoms with Crippen molar-refractivity contribution >= 4 is 79.4 Å². The first-order valence-corrected chi connectivity index (χ1v) is 29.0. The first-order valence-electron chi connectivity index (χ1n) is 25.0. The van der Waals surface area contributed by atoms with E-state index in [0.717, 1.165) is 44.3 Å². The zero-order valence-electron chi connectivity index (χ0n) is 40.1. The second-order valence-corrected chi connectivity index (χ2v) is 27.1. The van der Waals surface area contributed by atoms with Gasteiger partial charge in [-0.25, -0.2) is 0 Å². The van der Waals surface area contributed by atoms with E-state index in [-0.39, 0.29) is 0 Å². The van der Waals surface area contributed by atoms with Crippen LogP contribution in [0, 0.1) is 13.8 Å². The number of benzene rings is 10. The first-order chi connectivity index (χ1) is 35.5. The predicted octanol–water partition coefficient (Wildman–Crippen LogP) is 11.1. The lowest BCUT2D eigenvalue weighted by atomic mass is 9.90. The maximum absolute atomic E-state index is 5.19. The summed E-state index contributed by atoms with van der Waals surface area (Å²) < 4.78 is 0. The Hall–Kier alpha value is -8.55. The third-order valence-electron chi connectivity index (χ3n) is 15.7. The standard InChI is InChI=1S/C68H48N2Si2/c1-45-31-32-47-33-36-59-60(39-46(2)70-68(59)67(47)69-45)52-41-50(48-34-37-65-61(43-48)57-27-15-17-29-63(57)71(65,53-19-7-3-8-20-53)54-21-9-4-10-22-54)40-51(42-52)49-35-38-66-62(44-49)58-28-16-18-30-64(58)72(66,55-23-11-5-12-24-55)56-25-13-6-14-26-56/h3-44H,1-2H3. The smallest absolute Gasteiger partial charge is 0.180 e. The lowest BCUT2D eigenvalue weighted by Crippen LogP contribution is -2.72. The Bertz CT molecular complexity index is 3840. The highest BCUT2D eigenvalue weighted by Gasteiger charge is 2.50. The number of rotatable bonds is 7. The molecule has 338 valence electrons. The summed E-state index contributed by atoms with van der Waals surface area (Å²) in [5.41, 5.74) is 16.2. The van der Waals surface area contributed by atoms with Gasteiger partial charge in [-0.15, -0.1) is 0 Å². The molecule has 0 atom stereocenters. The van der Waals surface area contributed by atoms with Crippen LogP contribution in [0.3, 0.4) is 0 Å². The molecule has 2 aromatic heterocycles. The van der Waals surface area contributed by atoms with Gasteiger partial charge in [-0.1, -0.05) is 212 Å². The minimum atomic E-state index is -2.65. The molecule has 10 aromatic carbocycles. The molecule has 72 heavy (non-hydrogen) atoms. The summed E-state index contributed by atoms with van der Waals surface area (Å²) >= 11 is 0. The van der Waals surface area contributed by atoms with Crippen LogP contribution in [0.15, 0.2) is 255 Å². The van der Waals surface area contributed by atoms with E-state index >= 15 is 0 Å². The topological polar surface area (TPSA) is 25.8 Å². The van der Waals surface area contributed by atoms with Crippen LogP contribution in [-0.4, -0.2) is 26.1 Å². The Labute approximate surface area is 422 Å². The fraction of sp³-hybridized carbons (Fsp3) is 0.0294. The SMILES string of the molecule is Cc1ccc2ccc3c(-c4cc(-c5ccc6c(c5)-c5ccccc5[Si]6(c5ccccc5)c5ccccc5)cc(-c5ccc6c(c5)-c5ccccc5[Si]6(c5ccccc5)c5ccccc5)c4)cc(C)nc3c2n1. The van der Waals surface area contributed by atoms with Gasteiger partial charge in [0.05, 0.1) is 11.0 Å². The van der Waals surface area contributed by atoms with E-state index in [2.05, 4.69) is 269 Å². The van der Waals surface area contributed by atoms with Crippen molar-refractivity contribution < 1.29 is 0 Å². The molecule has 0 bridgehead atoms. The third kappa shape index (κ3) is 6.26. The fourth-order valence-electron chi connectivity index (χ4n) is 12.7. The number of fused-ring (bicyclic) bond motifs is 9. The molecule has 0 fully saturated rings. The normalized spacial score (nSPS) is 13.6. The molecule has 0 unspecified atom stereocenters. The molecule has 2 aliphatic heterocycles. The molecule has 0 spiro atoms. The molecular formula is C68H48N2Si2. The van der Waals surface area contributed by atoms with Gasteiger partial charge in [-0.2, -0.15) is 0 Å². The van der Waals surface area contributed by atoms with Crippen LogP contribution in [0.5, 0.6) is 0 Å². The summed E-state index contributed by atoms with van der Waals surface area (Å²) in [6, 6.07) is 96.5. The Morgan fingerprint density at radius 3 is 1.15 bits per heavy atom. The first kappa shape index (κ1) is 42.3. The van der Waals surface area contributed by atoms with E-state index in [4.69, 9.17) is 9.97 Å². The maximum Gasteiger partial charge on any atom is 0.180 e. The van der Waals surface area contributed by atoms with Gasteiger partial charge >= 0.3 is 0 Å². The van der Waals surface area contributed by atoms with E-state index in [1.807, 2.05) is 0 Å². The average Bonchev–Trinajstić information content (AvgIpc) is 3.91. The van der Waals surface area contributed by atoms with Gasteiger partial charge in [0.25, 0.3) is 0 Å². The van der Waals surface area contributed by atoms with Crippen molar-refractivity contribution in [3.63, 3.8) is 0 Å². The quantitative estimate of drug-likeness (QED) is 0.118. The predicted molar refractivity (Wildman–Crippen MR) is 308 cm³/mol. The molecule has 4 heterocycles. The van der Waals surface area contributed by atoms with E-state index in [1.165, 1.54) is 86.0 Å². The molecule has 2 aliphatic rings. The number of hydrogen-bond acceptors (Lipinski definition) is 2. The van der Waals surface area contributed by atoms with Gasteiger partial charge in [0.2, 0.25) is 0 Å². The lowest BCUT2D eigenvalue weighted by Gasteiger charge is -2.31. The summed E-state index contributed by atoms with van der Waals surface area (Å²) in [4.78, 5) is 10.3. The summed E-state index contributed by atoms with van der Waals surface area (Å²) in [6.07, 6.45) is 0. The number of nitrogens with zero attached hydrogens (tertiary/aromatic N) is 2. The van der Waals surface area contributed by atoms with Crippen molar-refractivity contribution in [1.82, 2.24) is 9.97 Å². The van der Waals surface area contributed by atoms with Crippen molar-refractivity contribution in [3.8, 4) is 55.6 Å². The highest BCUT2D eigenvalue weighted by atomic mass is 28.3. The molecule has 0 radical (unpaired) electrons. The van der Waals surface area contributed by atoms with E-state index in [0.29, 0.717) is 0 Å². The van der Waals surface area contributed by atoms with Crippen molar-refractivity contribution in [2.45, 2.75) is 13.8 Å². The van der Waals surface area contributed by atoms with Crippen LogP contribution in [0.2, 0.25) is 0 Å². The minimum Gasteiger partial charge on any atom is -0.251 e. The van der Waals surface area contributed by atoms with E-state index < -0.39 is 16.1 Å². The third-order valence-corrected chi connectivity index (χ3v) is 25.5. The van der Waals surface area contributed by atoms with Gasteiger partial charge in [0.1, 0.15) is 0 Å². The van der Waals surface area contributed by atoms with Crippen LogP contribution in [-0.2, 0) is 0 Å². The van der Waals surface area contributed by atoms with Crippen LogP contribution < -0.4 is 41.5 Å². The van der Waals surface area contributed by atoms with Crippen LogP contribution in [0.25, 0.3) is 77.4 Å². The van der Waals surface area contributed by atoms with E-state index in [9.17, 15) is 0 Å². The number of aryl methyl sites for hydroxylation is 2. The number of aromatic nitrogens is 2. The van der Waals surface area contributed by atoms with Crippen molar-refractivity contribution in [3.05, 3.63) is 266 Å². The van der Waals surface area contributed by atoms with Crippen LogP contribution in [0.1, 0.15) is 11.4 Å². The van der Waals surface area contributed by atoms with E-state index in [1.54, 1.807) is 0 Å². The largest absolute Gasteiger partial charge is 0.251 e. The minimum absolute atomic E-state index is 0.938. The summed E-state index contributed by atoms with van der Waals surface area (Å²) in [5.74, 6) is 0. The Morgan fingerprint density at radius 1 is 0.264 bits per heavy atom. The van der Waals surface area contributed by atoms with Gasteiger partial charge in [0, 0.05) is 22.2 Å². The summed E-state index contributed by atoms with van der Waals surface area (Å²) in [5, 5.41) is 13.6. The zero-order valence-corrected chi connectivity index (χ0v) is 42.1. The summed E-state index contributed by atoms with van der Waals surface area (Å²) in [6.45, 7) is 4.18. The Kier molecular flexibility index (Phi) is 9.72. The van der Waals surface area contributed by atoms with Gasteiger partial charge in [-0.05, 0) is 153 Å². The average molecular weight is 949 g/mol. The Morgan fingerprint density at radius 2 is 0.667 bits per heavy atom. The Balaban J connectivity index is 1.02. The molecule has 4 heteroatoms. The second-order valence-electron chi connectivity index (χ2n) is 19.7. The molecule has 0 N–H and O–H groups in total. The molecular weight excluding hydrogens is 901 g/mol. The van der Waals surface area contributed by atoms with Crippen LogP contribution in [0.4, 0.5) is 0 Å². The fourth-order valence-corrected chi connectivity index (χ4v) is 23.0. The highest BCUT2D eigenvalue weighted by molar-refractivity contribution is 7.23. The van der Waals surface area contributed by atoms with Gasteiger partial charge in [0.15, 0.2) is 16.1 Å². The molecule has 0 saturated carbocycles. The van der Waals surface area contributed by atoms with Crippen molar-refractivity contribution in [2.75, 3.05) is 0 Å². The van der Waals surface area contributed by atoms with Crippen molar-refractivity contribution in [1.29, 1.82) is 0 Å². The second kappa shape index (κ2) is 16.5. The summed E-state index contributed by atoms with van der Waals surface area (Å²) in [7, 11) is -5.30. The zero-order chi connectivity index (χ0) is 48.0. The molecule has 2 nitrogen and oxygen atoms in total. The highest BCUT2D eigenvalue weighted by Crippen LogP contribution is 2.41. The molecule has 0 aliphatic carbocycles. The molecule has 0 amide bonds. The number of pyridine rings is 2. The van der Waals surface area contributed by atoms with Gasteiger partial charge in [-0.3, -0.25) is 9.97 Å². The maximum atomic E-state index is 5.19. The molecule has 12 aromatic rings. The van der Waals surface area contributed by atoms with Gasteiger partial charge < -0.3 is 0 Å². The monoisotopic (exact) mass is 948 g/mol.